The van der Waals surface area contributed by atoms with Crippen LogP contribution in [-0.2, 0) is 20.7 Å². The number of piperidine rings is 1. The van der Waals surface area contributed by atoms with E-state index in [2.05, 4.69) is 17.0 Å². The number of nitrogens with zero attached hydrogens (tertiary/aromatic N) is 2. The van der Waals surface area contributed by atoms with Crippen molar-refractivity contribution in [3.8, 4) is 0 Å². The molecule has 0 N–H and O–H groups in total. The van der Waals surface area contributed by atoms with E-state index in [-0.39, 0.29) is 12.2 Å². The number of ether oxygens (including phenoxy) is 2. The van der Waals surface area contributed by atoms with Gasteiger partial charge in [-0.3, -0.25) is 9.69 Å². The fraction of sp³-hybridized carbons (Fsp3) is 0.611. The van der Waals surface area contributed by atoms with Gasteiger partial charge in [0, 0.05) is 18.2 Å². The summed E-state index contributed by atoms with van der Waals surface area (Å²) in [5.74, 6) is 0.707. The van der Waals surface area contributed by atoms with E-state index in [0.29, 0.717) is 12.5 Å². The highest BCUT2D eigenvalue weighted by atomic mass is 16.7. The Bertz CT molecular complexity index is 563. The fourth-order valence-electron chi connectivity index (χ4n) is 3.91. The summed E-state index contributed by atoms with van der Waals surface area (Å²) in [7, 11) is 0. The lowest BCUT2D eigenvalue weighted by molar-refractivity contribution is -0.121. The quantitative estimate of drug-likeness (QED) is 0.850. The van der Waals surface area contributed by atoms with Gasteiger partial charge in [-0.05, 0) is 44.0 Å². The Morgan fingerprint density at radius 3 is 2.61 bits per heavy atom. The number of para-hydroxylation sites is 1. The maximum Gasteiger partial charge on any atom is 0.241 e. The smallest absolute Gasteiger partial charge is 0.241 e. The number of anilines is 1. The first kappa shape index (κ1) is 15.1. The molecule has 5 nitrogen and oxygen atoms in total. The Morgan fingerprint density at radius 2 is 1.83 bits per heavy atom. The molecule has 124 valence electrons. The van der Waals surface area contributed by atoms with Crippen LogP contribution < -0.4 is 4.90 Å². The van der Waals surface area contributed by atoms with Gasteiger partial charge in [-0.15, -0.1) is 0 Å². The lowest BCUT2D eigenvalue weighted by atomic mass is 9.96. The largest absolute Gasteiger partial charge is 0.350 e. The standard InChI is InChI=1S/C18H24N2O3/c21-17(20-10-7-14-3-1-2-4-16(14)20)13-19-8-5-15(6-9-19)18-22-11-12-23-18/h1-4,15,18H,5-13H2. The molecule has 0 bridgehead atoms. The van der Waals surface area contributed by atoms with Gasteiger partial charge in [-0.1, -0.05) is 18.2 Å². The third kappa shape index (κ3) is 3.13. The van der Waals surface area contributed by atoms with Crippen LogP contribution in [0.15, 0.2) is 24.3 Å². The van der Waals surface area contributed by atoms with Crippen molar-refractivity contribution in [1.82, 2.24) is 4.90 Å². The van der Waals surface area contributed by atoms with Crippen molar-refractivity contribution in [3.63, 3.8) is 0 Å². The van der Waals surface area contributed by atoms with E-state index in [0.717, 1.165) is 57.8 Å². The number of carbonyl (C=O) groups is 1. The molecule has 1 amide bonds. The van der Waals surface area contributed by atoms with Crippen LogP contribution in [-0.4, -0.2) is 56.5 Å². The molecule has 0 radical (unpaired) electrons. The SMILES string of the molecule is O=C(CN1CCC(C2OCCO2)CC1)N1CCc2ccccc21. The van der Waals surface area contributed by atoms with Gasteiger partial charge in [0.25, 0.3) is 0 Å². The normalized spacial score (nSPS) is 23.4. The second-order valence-electron chi connectivity index (χ2n) is 6.65. The van der Waals surface area contributed by atoms with E-state index < -0.39 is 0 Å². The number of carbonyl (C=O) groups excluding carboxylic acids is 1. The molecule has 4 rings (SSSR count). The van der Waals surface area contributed by atoms with E-state index in [9.17, 15) is 4.79 Å². The molecule has 1 aromatic carbocycles. The monoisotopic (exact) mass is 316 g/mol. The molecule has 2 fully saturated rings. The van der Waals surface area contributed by atoms with Crippen LogP contribution in [0, 0.1) is 5.92 Å². The van der Waals surface area contributed by atoms with E-state index in [1.807, 2.05) is 17.0 Å². The Balaban J connectivity index is 1.30. The van der Waals surface area contributed by atoms with E-state index in [1.54, 1.807) is 0 Å². The van der Waals surface area contributed by atoms with Crippen LogP contribution in [0.4, 0.5) is 5.69 Å². The second kappa shape index (κ2) is 6.59. The lowest BCUT2D eigenvalue weighted by Crippen LogP contribution is -2.44. The Morgan fingerprint density at radius 1 is 1.09 bits per heavy atom. The van der Waals surface area contributed by atoms with Crippen molar-refractivity contribution in [1.29, 1.82) is 0 Å². The van der Waals surface area contributed by atoms with Crippen LogP contribution in [0.3, 0.4) is 0 Å². The summed E-state index contributed by atoms with van der Waals surface area (Å²) in [5.41, 5.74) is 2.38. The van der Waals surface area contributed by atoms with Crippen molar-refractivity contribution >= 4 is 11.6 Å². The number of fused-ring (bicyclic) bond motifs is 1. The van der Waals surface area contributed by atoms with Crippen LogP contribution in [0.2, 0.25) is 0 Å². The molecule has 0 aromatic heterocycles. The summed E-state index contributed by atoms with van der Waals surface area (Å²) >= 11 is 0. The van der Waals surface area contributed by atoms with Gasteiger partial charge in [-0.25, -0.2) is 0 Å². The highest BCUT2D eigenvalue weighted by Gasteiger charge is 2.32. The molecule has 0 atom stereocenters. The third-order valence-corrected chi connectivity index (χ3v) is 5.21. The van der Waals surface area contributed by atoms with Gasteiger partial charge in [0.2, 0.25) is 5.91 Å². The summed E-state index contributed by atoms with van der Waals surface area (Å²) in [5, 5.41) is 0. The van der Waals surface area contributed by atoms with E-state index in [4.69, 9.17) is 9.47 Å². The van der Waals surface area contributed by atoms with Gasteiger partial charge in [-0.2, -0.15) is 0 Å². The average Bonchev–Trinajstić information content (AvgIpc) is 3.25. The minimum Gasteiger partial charge on any atom is -0.350 e. The molecule has 0 spiro atoms. The van der Waals surface area contributed by atoms with Crippen LogP contribution in [0.25, 0.3) is 0 Å². The average molecular weight is 316 g/mol. The molecule has 5 heteroatoms. The van der Waals surface area contributed by atoms with Gasteiger partial charge in [0.15, 0.2) is 6.29 Å². The molecular weight excluding hydrogens is 292 g/mol. The number of benzene rings is 1. The first-order valence-electron chi connectivity index (χ1n) is 8.65. The summed E-state index contributed by atoms with van der Waals surface area (Å²) in [6.45, 7) is 4.69. The Labute approximate surface area is 137 Å². The maximum absolute atomic E-state index is 12.6. The summed E-state index contributed by atoms with van der Waals surface area (Å²) in [6, 6.07) is 8.24. The highest BCUT2D eigenvalue weighted by molar-refractivity contribution is 5.96. The highest BCUT2D eigenvalue weighted by Crippen LogP contribution is 2.29. The number of likely N-dealkylation sites (tertiary alicyclic amines) is 1. The van der Waals surface area contributed by atoms with Gasteiger partial charge in [0.1, 0.15) is 0 Å². The predicted molar refractivity (Wildman–Crippen MR) is 87.4 cm³/mol. The zero-order valence-corrected chi connectivity index (χ0v) is 13.4. The first-order valence-corrected chi connectivity index (χ1v) is 8.65. The van der Waals surface area contributed by atoms with Crippen LogP contribution in [0.1, 0.15) is 18.4 Å². The molecule has 1 aromatic rings. The van der Waals surface area contributed by atoms with Crippen molar-refractivity contribution < 1.29 is 14.3 Å². The fourth-order valence-corrected chi connectivity index (χ4v) is 3.91. The van der Waals surface area contributed by atoms with Crippen molar-refractivity contribution in [2.45, 2.75) is 25.6 Å². The molecule has 23 heavy (non-hydrogen) atoms. The zero-order chi connectivity index (χ0) is 15.6. The van der Waals surface area contributed by atoms with Crippen LogP contribution >= 0.6 is 0 Å². The Kier molecular flexibility index (Phi) is 4.33. The predicted octanol–water partition coefficient (Wildman–Crippen LogP) is 1.66. The molecular formula is C18H24N2O3. The molecule has 0 aliphatic carbocycles. The molecule has 3 heterocycles. The molecule has 2 saturated heterocycles. The number of hydrogen-bond donors (Lipinski definition) is 0. The van der Waals surface area contributed by atoms with Gasteiger partial charge < -0.3 is 14.4 Å². The molecule has 0 unspecified atom stereocenters. The second-order valence-corrected chi connectivity index (χ2v) is 6.65. The van der Waals surface area contributed by atoms with Crippen LogP contribution in [0.5, 0.6) is 0 Å². The summed E-state index contributed by atoms with van der Waals surface area (Å²) in [6.07, 6.45) is 3.06. The summed E-state index contributed by atoms with van der Waals surface area (Å²) < 4.78 is 11.2. The molecule has 3 aliphatic rings. The summed E-state index contributed by atoms with van der Waals surface area (Å²) in [4.78, 5) is 16.9. The third-order valence-electron chi connectivity index (χ3n) is 5.21. The number of rotatable bonds is 3. The maximum atomic E-state index is 12.6. The van der Waals surface area contributed by atoms with Gasteiger partial charge >= 0.3 is 0 Å². The zero-order valence-electron chi connectivity index (χ0n) is 13.4. The van der Waals surface area contributed by atoms with Gasteiger partial charge in [0.05, 0.1) is 19.8 Å². The van der Waals surface area contributed by atoms with Crippen molar-refractivity contribution in [3.05, 3.63) is 29.8 Å². The topological polar surface area (TPSA) is 42.0 Å². The van der Waals surface area contributed by atoms with E-state index >= 15 is 0 Å². The minimum absolute atomic E-state index is 0.0155. The Hall–Kier alpha value is -1.43. The lowest BCUT2D eigenvalue weighted by Gasteiger charge is -2.34. The number of hydrogen-bond acceptors (Lipinski definition) is 4. The van der Waals surface area contributed by atoms with Crippen molar-refractivity contribution in [2.24, 2.45) is 5.92 Å². The van der Waals surface area contributed by atoms with E-state index in [1.165, 1.54) is 5.56 Å². The van der Waals surface area contributed by atoms with Crippen molar-refractivity contribution in [2.75, 3.05) is 44.3 Å². The molecule has 0 saturated carbocycles. The number of amides is 1. The first-order chi connectivity index (χ1) is 11.3. The molecule has 3 aliphatic heterocycles. The minimum atomic E-state index is -0.0155.